The standard InChI is InChI=1S/C30H31F2N7O2/c1-17-10-18(11-24(34)28(17)40)21-4-7-35-15-26(21)37-29-36-14-20-2-3-25(38-39(20)29)27-22(31)12-19(13-23(27)32)30(16-33)5-8-41-9-6-30/h2-4,7,12-15,17-18,24,28,40H,5-6,8-11,34H2,1H3,(H,36,37). The van der Waals surface area contributed by atoms with E-state index in [2.05, 4.69) is 26.5 Å². The third kappa shape index (κ3) is 4.92. The van der Waals surface area contributed by atoms with Gasteiger partial charge >= 0.3 is 0 Å². The molecule has 2 fully saturated rings. The van der Waals surface area contributed by atoms with E-state index >= 15 is 8.78 Å². The molecule has 4 aromatic rings. The molecule has 4 atom stereocenters. The quantitative estimate of drug-likeness (QED) is 0.323. The molecule has 4 unspecified atom stereocenters. The van der Waals surface area contributed by atoms with E-state index in [1.807, 2.05) is 13.0 Å². The van der Waals surface area contributed by atoms with Gasteiger partial charge in [-0.3, -0.25) is 4.98 Å². The SMILES string of the molecule is CC1CC(c2ccncc2Nc2ncc3ccc(-c4c(F)cc(C5(C#N)CCOCC5)cc4F)nn23)CC(N)C1O. The second kappa shape index (κ2) is 10.8. The normalized spacial score (nSPS) is 24.2. The van der Waals surface area contributed by atoms with Crippen molar-refractivity contribution >= 4 is 17.2 Å². The highest BCUT2D eigenvalue weighted by Crippen LogP contribution is 2.40. The van der Waals surface area contributed by atoms with Crippen molar-refractivity contribution in [2.24, 2.45) is 11.7 Å². The largest absolute Gasteiger partial charge is 0.391 e. The molecular weight excluding hydrogens is 528 g/mol. The van der Waals surface area contributed by atoms with E-state index < -0.39 is 23.2 Å². The summed E-state index contributed by atoms with van der Waals surface area (Å²) in [7, 11) is 0. The summed E-state index contributed by atoms with van der Waals surface area (Å²) in [5.74, 6) is -1.07. The molecule has 4 N–H and O–H groups in total. The molecule has 11 heteroatoms. The Bertz CT molecular complexity index is 1590. The van der Waals surface area contributed by atoms with Gasteiger partial charge in [0.05, 0.1) is 52.4 Å². The number of aliphatic hydroxyl groups excluding tert-OH is 1. The van der Waals surface area contributed by atoms with Crippen LogP contribution in [0.25, 0.3) is 16.8 Å². The lowest BCUT2D eigenvalue weighted by Gasteiger charge is -2.36. The van der Waals surface area contributed by atoms with Crippen molar-refractivity contribution in [3.05, 3.63) is 71.7 Å². The zero-order valence-electron chi connectivity index (χ0n) is 22.6. The number of rotatable bonds is 5. The van der Waals surface area contributed by atoms with Gasteiger partial charge in [-0.15, -0.1) is 0 Å². The lowest BCUT2D eigenvalue weighted by molar-refractivity contribution is 0.0521. The van der Waals surface area contributed by atoms with Crippen LogP contribution in [0.4, 0.5) is 20.4 Å². The van der Waals surface area contributed by atoms with E-state index in [4.69, 9.17) is 10.5 Å². The van der Waals surface area contributed by atoms with E-state index in [0.29, 0.717) is 55.2 Å². The number of nitrogens with zero attached hydrogens (tertiary/aromatic N) is 5. The van der Waals surface area contributed by atoms with Crippen molar-refractivity contribution in [2.45, 2.75) is 56.1 Å². The Morgan fingerprint density at radius 3 is 2.61 bits per heavy atom. The van der Waals surface area contributed by atoms with Gasteiger partial charge in [0, 0.05) is 25.5 Å². The molecule has 9 nitrogen and oxygen atoms in total. The van der Waals surface area contributed by atoms with Crippen LogP contribution in [-0.2, 0) is 10.2 Å². The molecular formula is C30H31F2N7O2. The Morgan fingerprint density at radius 1 is 1.15 bits per heavy atom. The first-order valence-electron chi connectivity index (χ1n) is 13.8. The number of anilines is 2. The van der Waals surface area contributed by atoms with E-state index in [9.17, 15) is 10.4 Å². The smallest absolute Gasteiger partial charge is 0.229 e. The maximum absolute atomic E-state index is 15.5. The lowest BCUT2D eigenvalue weighted by atomic mass is 9.74. The van der Waals surface area contributed by atoms with Gasteiger partial charge in [0.25, 0.3) is 0 Å². The number of nitriles is 1. The van der Waals surface area contributed by atoms with Crippen molar-refractivity contribution in [1.29, 1.82) is 5.26 Å². The van der Waals surface area contributed by atoms with Crippen LogP contribution < -0.4 is 11.1 Å². The third-order valence-corrected chi connectivity index (χ3v) is 8.57. The number of fused-ring (bicyclic) bond motifs is 1. The first kappa shape index (κ1) is 27.2. The number of hydrogen-bond acceptors (Lipinski definition) is 8. The number of halogens is 2. The molecule has 0 radical (unpaired) electrons. The molecule has 41 heavy (non-hydrogen) atoms. The van der Waals surface area contributed by atoms with Gasteiger partial charge in [0.1, 0.15) is 11.6 Å². The molecule has 1 aliphatic heterocycles. The molecule has 1 saturated heterocycles. The fraction of sp³-hybridized carbons (Fsp3) is 0.400. The Balaban J connectivity index is 1.34. The van der Waals surface area contributed by atoms with Gasteiger partial charge in [-0.25, -0.2) is 13.8 Å². The minimum atomic E-state index is -0.989. The molecule has 0 bridgehead atoms. The highest BCUT2D eigenvalue weighted by atomic mass is 19.1. The number of nitrogens with one attached hydrogen (secondary N) is 1. The summed E-state index contributed by atoms with van der Waals surface area (Å²) in [6.07, 6.45) is 6.63. The average Bonchev–Trinajstić information content (AvgIpc) is 3.37. The molecule has 3 aromatic heterocycles. The van der Waals surface area contributed by atoms with Crippen LogP contribution in [0, 0.1) is 28.9 Å². The van der Waals surface area contributed by atoms with E-state index in [1.165, 1.54) is 16.6 Å². The second-order valence-corrected chi connectivity index (χ2v) is 11.1. The number of pyridine rings is 1. The van der Waals surface area contributed by atoms with Crippen molar-refractivity contribution in [3.8, 4) is 17.3 Å². The second-order valence-electron chi connectivity index (χ2n) is 11.1. The fourth-order valence-corrected chi connectivity index (χ4v) is 6.20. The number of aliphatic hydroxyl groups is 1. The Hall–Kier alpha value is -3.98. The molecule has 0 amide bonds. The first-order chi connectivity index (χ1) is 19.8. The summed E-state index contributed by atoms with van der Waals surface area (Å²) >= 11 is 0. The van der Waals surface area contributed by atoms with Crippen molar-refractivity contribution in [2.75, 3.05) is 18.5 Å². The van der Waals surface area contributed by atoms with Gasteiger partial charge in [-0.05, 0) is 79.0 Å². The summed E-state index contributed by atoms with van der Waals surface area (Å²) < 4.78 is 37.8. The first-order valence-corrected chi connectivity index (χ1v) is 13.8. The molecule has 212 valence electrons. The van der Waals surface area contributed by atoms with Gasteiger partial charge in [0.2, 0.25) is 5.95 Å². The average molecular weight is 560 g/mol. The van der Waals surface area contributed by atoms with Crippen LogP contribution in [0.3, 0.4) is 0 Å². The van der Waals surface area contributed by atoms with Gasteiger partial charge < -0.3 is 20.9 Å². The number of benzene rings is 1. The van der Waals surface area contributed by atoms with Crippen LogP contribution >= 0.6 is 0 Å². The van der Waals surface area contributed by atoms with E-state index in [0.717, 1.165) is 12.0 Å². The number of hydrogen-bond donors (Lipinski definition) is 3. The number of nitrogens with two attached hydrogens (primary N) is 1. The summed E-state index contributed by atoms with van der Waals surface area (Å²) in [4.78, 5) is 8.73. The lowest BCUT2D eigenvalue weighted by Crippen LogP contribution is -2.44. The summed E-state index contributed by atoms with van der Waals surface area (Å²) in [6, 6.07) is 9.57. The number of imidazole rings is 1. The van der Waals surface area contributed by atoms with E-state index in [-0.39, 0.29) is 29.1 Å². The van der Waals surface area contributed by atoms with E-state index in [1.54, 1.807) is 30.7 Å². The van der Waals surface area contributed by atoms with Gasteiger partial charge in [-0.2, -0.15) is 14.9 Å². The predicted molar refractivity (Wildman–Crippen MR) is 148 cm³/mol. The monoisotopic (exact) mass is 559 g/mol. The molecule has 2 aliphatic rings. The summed E-state index contributed by atoms with van der Waals surface area (Å²) in [5.41, 5.74) is 7.69. The number of ether oxygens (including phenoxy) is 1. The van der Waals surface area contributed by atoms with Crippen LogP contribution in [0.2, 0.25) is 0 Å². The van der Waals surface area contributed by atoms with Crippen molar-refractivity contribution < 1.29 is 18.6 Å². The Morgan fingerprint density at radius 2 is 1.90 bits per heavy atom. The Kier molecular flexibility index (Phi) is 7.15. The zero-order chi connectivity index (χ0) is 28.7. The third-order valence-electron chi connectivity index (χ3n) is 8.57. The molecule has 1 aromatic carbocycles. The van der Waals surface area contributed by atoms with Crippen LogP contribution in [0.5, 0.6) is 0 Å². The zero-order valence-corrected chi connectivity index (χ0v) is 22.6. The van der Waals surface area contributed by atoms with Crippen LogP contribution in [-0.4, -0.2) is 50.0 Å². The highest BCUT2D eigenvalue weighted by molar-refractivity contribution is 5.66. The minimum Gasteiger partial charge on any atom is -0.391 e. The van der Waals surface area contributed by atoms with Gasteiger partial charge in [-0.1, -0.05) is 6.92 Å². The maximum atomic E-state index is 15.5. The minimum absolute atomic E-state index is 0.0481. The molecule has 0 spiro atoms. The highest BCUT2D eigenvalue weighted by Gasteiger charge is 2.36. The summed E-state index contributed by atoms with van der Waals surface area (Å²) in [6.45, 7) is 2.72. The van der Waals surface area contributed by atoms with Crippen LogP contribution in [0.15, 0.2) is 48.9 Å². The maximum Gasteiger partial charge on any atom is 0.229 e. The van der Waals surface area contributed by atoms with Gasteiger partial charge in [0.15, 0.2) is 0 Å². The summed E-state index contributed by atoms with van der Waals surface area (Å²) in [5, 5.41) is 28.0. The van der Waals surface area contributed by atoms with Crippen LogP contribution in [0.1, 0.15) is 49.7 Å². The van der Waals surface area contributed by atoms with Crippen molar-refractivity contribution in [1.82, 2.24) is 19.6 Å². The Labute approximate surface area is 236 Å². The number of aromatic nitrogens is 4. The molecule has 6 rings (SSSR count). The van der Waals surface area contributed by atoms with Crippen molar-refractivity contribution in [3.63, 3.8) is 0 Å². The molecule has 4 heterocycles. The predicted octanol–water partition coefficient (Wildman–Crippen LogP) is 4.59. The topological polar surface area (TPSA) is 134 Å². The fourth-order valence-electron chi connectivity index (χ4n) is 6.20. The molecule has 1 aliphatic carbocycles. The molecule has 1 saturated carbocycles.